The molecule has 0 spiro atoms. The summed E-state index contributed by atoms with van der Waals surface area (Å²) < 4.78 is 1.05. The summed E-state index contributed by atoms with van der Waals surface area (Å²) in [7, 11) is 0. The highest BCUT2D eigenvalue weighted by molar-refractivity contribution is 9.10. The highest BCUT2D eigenvalue weighted by Crippen LogP contribution is 2.23. The molecule has 1 fully saturated rings. The molecule has 0 aliphatic heterocycles. The van der Waals surface area contributed by atoms with Gasteiger partial charge in [0.2, 0.25) is 5.91 Å². The zero-order valence-electron chi connectivity index (χ0n) is 10.4. The van der Waals surface area contributed by atoms with Crippen molar-refractivity contribution < 1.29 is 4.79 Å². The van der Waals surface area contributed by atoms with Crippen LogP contribution in [0.2, 0.25) is 0 Å². The van der Waals surface area contributed by atoms with E-state index in [9.17, 15) is 4.79 Å². The second kappa shape index (κ2) is 6.34. The van der Waals surface area contributed by atoms with Crippen LogP contribution in [-0.4, -0.2) is 11.9 Å². The van der Waals surface area contributed by atoms with Crippen molar-refractivity contribution >= 4 is 21.8 Å². The van der Waals surface area contributed by atoms with Gasteiger partial charge in [0.1, 0.15) is 0 Å². The van der Waals surface area contributed by atoms with E-state index in [0.29, 0.717) is 6.54 Å². The molecular weight excluding hydrogens is 292 g/mol. The minimum atomic E-state index is -0.00537. The van der Waals surface area contributed by atoms with Crippen molar-refractivity contribution in [3.05, 3.63) is 34.3 Å². The van der Waals surface area contributed by atoms with Crippen LogP contribution >= 0.6 is 15.9 Å². The number of nitrogens with one attached hydrogen (secondary N) is 1. The Labute approximate surface area is 116 Å². The van der Waals surface area contributed by atoms with E-state index in [-0.39, 0.29) is 17.9 Å². The monoisotopic (exact) mass is 310 g/mol. The summed E-state index contributed by atoms with van der Waals surface area (Å²) >= 11 is 3.39. The van der Waals surface area contributed by atoms with Gasteiger partial charge in [-0.15, -0.1) is 0 Å². The molecule has 0 saturated heterocycles. The Kier molecular flexibility index (Phi) is 4.78. The van der Waals surface area contributed by atoms with E-state index >= 15 is 0 Å². The van der Waals surface area contributed by atoms with Gasteiger partial charge >= 0.3 is 0 Å². The maximum absolute atomic E-state index is 12.0. The molecule has 4 heteroatoms. The molecule has 2 rings (SSSR count). The van der Waals surface area contributed by atoms with E-state index in [2.05, 4.69) is 21.2 Å². The first-order valence-corrected chi connectivity index (χ1v) is 7.24. The van der Waals surface area contributed by atoms with Gasteiger partial charge in [0, 0.05) is 17.1 Å². The summed E-state index contributed by atoms with van der Waals surface area (Å²) in [6.07, 6.45) is 4.16. The zero-order chi connectivity index (χ0) is 13.0. The van der Waals surface area contributed by atoms with Crippen LogP contribution in [0.15, 0.2) is 28.7 Å². The number of nitrogens with two attached hydrogens (primary N) is 1. The summed E-state index contributed by atoms with van der Waals surface area (Å²) in [6.45, 7) is 0.579. The Balaban J connectivity index is 1.85. The molecule has 0 heterocycles. The second-order valence-corrected chi connectivity index (χ2v) is 5.81. The van der Waals surface area contributed by atoms with E-state index in [1.165, 1.54) is 0 Å². The average Bonchev–Trinajstić information content (AvgIpc) is 2.38. The molecule has 0 bridgehead atoms. The van der Waals surface area contributed by atoms with Crippen LogP contribution in [0.4, 0.5) is 0 Å². The van der Waals surface area contributed by atoms with Crippen LogP contribution in [0.5, 0.6) is 0 Å². The largest absolute Gasteiger partial charge is 0.352 e. The van der Waals surface area contributed by atoms with E-state index < -0.39 is 0 Å². The van der Waals surface area contributed by atoms with Gasteiger partial charge in [-0.25, -0.2) is 0 Å². The number of halogens is 1. The molecule has 2 atom stereocenters. The zero-order valence-corrected chi connectivity index (χ0v) is 11.9. The van der Waals surface area contributed by atoms with Crippen LogP contribution < -0.4 is 11.1 Å². The van der Waals surface area contributed by atoms with Crippen molar-refractivity contribution in [1.29, 1.82) is 0 Å². The van der Waals surface area contributed by atoms with Crippen molar-refractivity contribution in [2.24, 2.45) is 11.7 Å². The lowest BCUT2D eigenvalue weighted by molar-refractivity contribution is -0.126. The minimum absolute atomic E-state index is 0.00537. The van der Waals surface area contributed by atoms with Crippen LogP contribution in [0.25, 0.3) is 0 Å². The fourth-order valence-corrected chi connectivity index (χ4v) is 2.67. The molecule has 18 heavy (non-hydrogen) atoms. The highest BCUT2D eigenvalue weighted by Gasteiger charge is 2.27. The second-order valence-electron chi connectivity index (χ2n) is 4.90. The third-order valence-electron chi connectivity index (χ3n) is 3.54. The molecule has 1 aliphatic rings. The smallest absolute Gasteiger partial charge is 0.224 e. The van der Waals surface area contributed by atoms with E-state index in [4.69, 9.17) is 5.73 Å². The number of carbonyl (C=O) groups is 1. The van der Waals surface area contributed by atoms with Gasteiger partial charge in [-0.3, -0.25) is 4.79 Å². The maximum atomic E-state index is 12.0. The molecule has 1 saturated carbocycles. The summed E-state index contributed by atoms with van der Waals surface area (Å²) in [6, 6.07) is 8.00. The Morgan fingerprint density at radius 2 is 1.94 bits per heavy atom. The molecule has 3 N–H and O–H groups in total. The van der Waals surface area contributed by atoms with Gasteiger partial charge < -0.3 is 11.1 Å². The molecule has 3 nitrogen and oxygen atoms in total. The number of rotatable bonds is 3. The van der Waals surface area contributed by atoms with Crippen molar-refractivity contribution in [3.8, 4) is 0 Å². The average molecular weight is 311 g/mol. The van der Waals surface area contributed by atoms with Gasteiger partial charge in [0.25, 0.3) is 0 Å². The van der Waals surface area contributed by atoms with Crippen molar-refractivity contribution in [1.82, 2.24) is 5.32 Å². The highest BCUT2D eigenvalue weighted by atomic mass is 79.9. The van der Waals surface area contributed by atoms with Gasteiger partial charge in [0.15, 0.2) is 0 Å². The number of carbonyl (C=O) groups excluding carboxylic acids is 1. The maximum Gasteiger partial charge on any atom is 0.224 e. The fraction of sp³-hybridized carbons (Fsp3) is 0.500. The lowest BCUT2D eigenvalue weighted by atomic mass is 9.84. The van der Waals surface area contributed by atoms with Gasteiger partial charge in [-0.1, -0.05) is 40.9 Å². The summed E-state index contributed by atoms with van der Waals surface area (Å²) in [5, 5.41) is 2.98. The van der Waals surface area contributed by atoms with Gasteiger partial charge in [-0.2, -0.15) is 0 Å². The van der Waals surface area contributed by atoms with Crippen molar-refractivity contribution in [2.45, 2.75) is 38.3 Å². The van der Waals surface area contributed by atoms with Crippen molar-refractivity contribution in [2.75, 3.05) is 0 Å². The quantitative estimate of drug-likeness (QED) is 0.901. The Bertz CT molecular complexity index is 405. The van der Waals surface area contributed by atoms with Crippen LogP contribution in [0.1, 0.15) is 31.2 Å². The number of benzene rings is 1. The predicted octanol–water partition coefficient (Wildman–Crippen LogP) is 2.58. The van der Waals surface area contributed by atoms with Crippen LogP contribution in [-0.2, 0) is 11.3 Å². The molecule has 2 unspecified atom stereocenters. The third kappa shape index (κ3) is 3.56. The SMILES string of the molecule is NC1CCCCC1C(=O)NCc1ccc(Br)cc1. The molecule has 0 radical (unpaired) electrons. The number of hydrogen-bond acceptors (Lipinski definition) is 2. The fourth-order valence-electron chi connectivity index (χ4n) is 2.41. The molecule has 0 aromatic heterocycles. The van der Waals surface area contributed by atoms with E-state index in [0.717, 1.165) is 35.7 Å². The summed E-state index contributed by atoms with van der Waals surface area (Å²) in [5.41, 5.74) is 7.11. The molecule has 1 aromatic rings. The predicted molar refractivity (Wildman–Crippen MR) is 75.9 cm³/mol. The Morgan fingerprint density at radius 3 is 2.61 bits per heavy atom. The minimum Gasteiger partial charge on any atom is -0.352 e. The normalized spacial score (nSPS) is 23.7. The topological polar surface area (TPSA) is 55.1 Å². The third-order valence-corrected chi connectivity index (χ3v) is 4.06. The summed E-state index contributed by atoms with van der Waals surface area (Å²) in [4.78, 5) is 12.0. The van der Waals surface area contributed by atoms with E-state index in [1.807, 2.05) is 24.3 Å². The summed E-state index contributed by atoms with van der Waals surface area (Å²) in [5.74, 6) is 0.0966. The molecular formula is C14H19BrN2O. The molecule has 1 amide bonds. The lowest BCUT2D eigenvalue weighted by Gasteiger charge is -2.27. The first-order valence-electron chi connectivity index (χ1n) is 6.44. The van der Waals surface area contributed by atoms with Crippen LogP contribution in [0.3, 0.4) is 0 Å². The Morgan fingerprint density at radius 1 is 1.28 bits per heavy atom. The number of hydrogen-bond donors (Lipinski definition) is 2. The van der Waals surface area contributed by atoms with Gasteiger partial charge in [-0.05, 0) is 30.5 Å². The van der Waals surface area contributed by atoms with E-state index in [1.54, 1.807) is 0 Å². The molecule has 1 aromatic carbocycles. The number of amides is 1. The first-order chi connectivity index (χ1) is 8.66. The van der Waals surface area contributed by atoms with Crippen LogP contribution in [0, 0.1) is 5.92 Å². The Hall–Kier alpha value is -0.870. The molecule has 1 aliphatic carbocycles. The van der Waals surface area contributed by atoms with Crippen molar-refractivity contribution in [3.63, 3.8) is 0 Å². The molecule has 98 valence electrons. The lowest BCUT2D eigenvalue weighted by Crippen LogP contribution is -2.43. The van der Waals surface area contributed by atoms with Gasteiger partial charge in [0.05, 0.1) is 5.92 Å². The standard InChI is InChI=1S/C14H19BrN2O/c15-11-7-5-10(6-8-11)9-17-14(18)12-3-1-2-4-13(12)16/h5-8,12-13H,1-4,9,16H2,(H,17,18). The first kappa shape index (κ1) is 13.6.